The largest absolute Gasteiger partial charge is 0.348 e. The molecule has 1 fully saturated rings. The summed E-state index contributed by atoms with van der Waals surface area (Å²) in [6.45, 7) is 5.54. The van der Waals surface area contributed by atoms with Crippen molar-refractivity contribution in [2.24, 2.45) is 0 Å². The molecule has 1 aliphatic rings. The van der Waals surface area contributed by atoms with Crippen LogP contribution in [0.25, 0.3) is 11.3 Å². The zero-order valence-electron chi connectivity index (χ0n) is 16.7. The third kappa shape index (κ3) is 4.31. The van der Waals surface area contributed by atoms with E-state index in [2.05, 4.69) is 58.3 Å². The van der Waals surface area contributed by atoms with Crippen LogP contribution in [0, 0.1) is 13.8 Å². The molecule has 1 saturated heterocycles. The summed E-state index contributed by atoms with van der Waals surface area (Å²) in [7, 11) is -3.46. The maximum Gasteiger partial charge on any atom is 0.185 e. The minimum Gasteiger partial charge on any atom is -0.348 e. The van der Waals surface area contributed by atoms with Gasteiger partial charge in [-0.1, -0.05) is 39.7 Å². The Morgan fingerprint density at radius 2 is 1.83 bits per heavy atom. The van der Waals surface area contributed by atoms with Crippen molar-refractivity contribution in [2.75, 3.05) is 18.0 Å². The highest BCUT2D eigenvalue weighted by Crippen LogP contribution is 2.34. The van der Waals surface area contributed by atoms with Crippen LogP contribution < -0.4 is 4.90 Å². The second-order valence-electron chi connectivity index (χ2n) is 7.62. The normalized spacial score (nSPS) is 15.5. The van der Waals surface area contributed by atoms with Gasteiger partial charge in [-0.2, -0.15) is 0 Å². The molecule has 0 N–H and O–H groups in total. The minimum absolute atomic E-state index is 0.220. The number of nitrogens with zero attached hydrogens (tertiary/aromatic N) is 2. The number of halogens is 2. The number of sulfone groups is 1. The summed E-state index contributed by atoms with van der Waals surface area (Å²) in [5.41, 5.74) is 4.60. The first kappa shape index (κ1) is 21.8. The van der Waals surface area contributed by atoms with Crippen LogP contribution in [0.5, 0.6) is 0 Å². The zero-order valence-corrected chi connectivity index (χ0v) is 20.7. The Labute approximate surface area is 195 Å². The first-order chi connectivity index (χ1) is 14.3. The number of benzene rings is 2. The number of aryl methyl sites for hydroxylation is 2. The molecule has 0 saturated carbocycles. The third-order valence-corrected chi connectivity index (χ3v) is 9.78. The molecule has 0 atom stereocenters. The summed E-state index contributed by atoms with van der Waals surface area (Å²) < 4.78 is 26.9. The van der Waals surface area contributed by atoms with Crippen molar-refractivity contribution in [2.45, 2.75) is 36.8 Å². The Kier molecular flexibility index (Phi) is 6.26. The molecule has 4 rings (SSSR count). The molecule has 0 unspecified atom stereocenters. The fourth-order valence-electron chi connectivity index (χ4n) is 3.69. The molecular weight excluding hydrogens is 504 g/mol. The van der Waals surface area contributed by atoms with E-state index in [0.29, 0.717) is 25.9 Å². The summed E-state index contributed by atoms with van der Waals surface area (Å²) in [4.78, 5) is 7.22. The van der Waals surface area contributed by atoms with Crippen molar-refractivity contribution < 1.29 is 8.42 Å². The van der Waals surface area contributed by atoms with Crippen molar-refractivity contribution in [3.63, 3.8) is 0 Å². The van der Waals surface area contributed by atoms with Gasteiger partial charge in [0.15, 0.2) is 15.0 Å². The van der Waals surface area contributed by atoms with Gasteiger partial charge in [-0.25, -0.2) is 13.4 Å². The maximum atomic E-state index is 13.1. The van der Waals surface area contributed by atoms with E-state index < -0.39 is 15.1 Å². The average molecular weight is 526 g/mol. The topological polar surface area (TPSA) is 50.3 Å². The Bertz CT molecular complexity index is 1190. The molecule has 2 heterocycles. The van der Waals surface area contributed by atoms with Gasteiger partial charge in [0.05, 0.1) is 20.9 Å². The summed E-state index contributed by atoms with van der Waals surface area (Å²) in [6, 6.07) is 11.3. The highest BCUT2D eigenvalue weighted by atomic mass is 79.9. The first-order valence-corrected chi connectivity index (χ1v) is 13.3. The van der Waals surface area contributed by atoms with E-state index in [9.17, 15) is 8.42 Å². The molecule has 4 nitrogen and oxygen atoms in total. The molecule has 0 spiro atoms. The van der Waals surface area contributed by atoms with Crippen molar-refractivity contribution in [3.8, 4) is 11.3 Å². The predicted molar refractivity (Wildman–Crippen MR) is 129 cm³/mol. The molecule has 0 radical (unpaired) electrons. The van der Waals surface area contributed by atoms with Crippen LogP contribution in [0.2, 0.25) is 5.02 Å². The van der Waals surface area contributed by atoms with Gasteiger partial charge < -0.3 is 4.90 Å². The number of rotatable bonds is 4. The molecule has 8 heteroatoms. The van der Waals surface area contributed by atoms with Crippen molar-refractivity contribution in [3.05, 3.63) is 62.4 Å². The van der Waals surface area contributed by atoms with Crippen molar-refractivity contribution >= 4 is 53.8 Å². The monoisotopic (exact) mass is 524 g/mol. The molecule has 2 aromatic carbocycles. The number of hydrogen-bond donors (Lipinski definition) is 0. The van der Waals surface area contributed by atoms with E-state index in [0.717, 1.165) is 20.9 Å². The maximum absolute atomic E-state index is 13.1. The smallest absolute Gasteiger partial charge is 0.185 e. The molecule has 0 aliphatic carbocycles. The van der Waals surface area contributed by atoms with E-state index in [1.54, 1.807) is 29.5 Å². The molecule has 1 aliphatic heterocycles. The molecule has 1 aromatic heterocycles. The van der Waals surface area contributed by atoms with Gasteiger partial charge in [-0.15, -0.1) is 11.3 Å². The number of hydrogen-bond acceptors (Lipinski definition) is 5. The molecule has 0 amide bonds. The van der Waals surface area contributed by atoms with Gasteiger partial charge in [0.2, 0.25) is 0 Å². The van der Waals surface area contributed by atoms with E-state index >= 15 is 0 Å². The Morgan fingerprint density at radius 1 is 1.10 bits per heavy atom. The van der Waals surface area contributed by atoms with Gasteiger partial charge in [0, 0.05) is 28.5 Å². The van der Waals surface area contributed by atoms with Crippen LogP contribution in [0.15, 0.2) is 51.1 Å². The number of anilines is 1. The fraction of sp³-hybridized carbons (Fsp3) is 0.318. The third-order valence-electron chi connectivity index (χ3n) is 5.65. The number of thiazole rings is 1. The summed E-state index contributed by atoms with van der Waals surface area (Å²) >= 11 is 11.1. The van der Waals surface area contributed by atoms with Gasteiger partial charge >= 0.3 is 0 Å². The van der Waals surface area contributed by atoms with Gasteiger partial charge in [0.1, 0.15) is 0 Å². The Balaban J connectivity index is 1.47. The quantitative estimate of drug-likeness (QED) is 0.402. The highest BCUT2D eigenvalue weighted by Gasteiger charge is 2.33. The summed E-state index contributed by atoms with van der Waals surface area (Å²) in [5, 5.41) is 2.86. The van der Waals surface area contributed by atoms with Crippen LogP contribution in [-0.4, -0.2) is 31.7 Å². The summed E-state index contributed by atoms with van der Waals surface area (Å²) in [6.07, 6.45) is 1.13. The Morgan fingerprint density at radius 3 is 2.50 bits per heavy atom. The molecule has 30 heavy (non-hydrogen) atoms. The zero-order chi connectivity index (χ0) is 21.5. The molecule has 3 aromatic rings. The highest BCUT2D eigenvalue weighted by molar-refractivity contribution is 9.10. The molecule has 158 valence electrons. The van der Waals surface area contributed by atoms with Gasteiger partial charge in [-0.05, 0) is 62.1 Å². The van der Waals surface area contributed by atoms with Crippen LogP contribution in [0.4, 0.5) is 5.13 Å². The second-order valence-corrected chi connectivity index (χ2v) is 12.0. The SMILES string of the molecule is Cc1ccc(-c2csc(N3CCC(S(=O)(=O)c4ccc(Br)cc4Cl)CC3)n2)cc1C. The average Bonchev–Trinajstić information content (AvgIpc) is 3.20. The van der Waals surface area contributed by atoms with Crippen LogP contribution in [-0.2, 0) is 9.84 Å². The lowest BCUT2D eigenvalue weighted by atomic mass is 10.1. The van der Waals surface area contributed by atoms with Gasteiger partial charge in [0.25, 0.3) is 0 Å². The van der Waals surface area contributed by atoms with Crippen LogP contribution in [0.1, 0.15) is 24.0 Å². The molecule has 0 bridgehead atoms. The number of aromatic nitrogens is 1. The van der Waals surface area contributed by atoms with E-state index in [-0.39, 0.29) is 9.92 Å². The lowest BCUT2D eigenvalue weighted by molar-refractivity contribution is 0.529. The number of piperidine rings is 1. The first-order valence-electron chi connectivity index (χ1n) is 9.73. The van der Waals surface area contributed by atoms with E-state index in [4.69, 9.17) is 16.6 Å². The fourth-order valence-corrected chi connectivity index (χ4v) is 7.35. The second kappa shape index (κ2) is 8.61. The van der Waals surface area contributed by atoms with Crippen LogP contribution >= 0.6 is 38.9 Å². The Hall–Kier alpha value is -1.41. The van der Waals surface area contributed by atoms with Crippen molar-refractivity contribution in [1.29, 1.82) is 0 Å². The minimum atomic E-state index is -3.46. The van der Waals surface area contributed by atoms with Crippen LogP contribution in [0.3, 0.4) is 0 Å². The standard InChI is InChI=1S/C22H22BrClN2O2S2/c1-14-3-4-16(11-15(14)2)20-13-29-22(25-20)26-9-7-18(8-10-26)30(27,28)21-6-5-17(23)12-19(21)24/h3-6,11-13,18H,7-10H2,1-2H3. The summed E-state index contributed by atoms with van der Waals surface area (Å²) in [5.74, 6) is 0. The lowest BCUT2D eigenvalue weighted by Crippen LogP contribution is -2.39. The predicted octanol–water partition coefficient (Wildman–Crippen LogP) is 6.29. The van der Waals surface area contributed by atoms with Gasteiger partial charge in [-0.3, -0.25) is 0 Å². The van der Waals surface area contributed by atoms with E-state index in [1.165, 1.54) is 11.1 Å². The van der Waals surface area contributed by atoms with Crippen molar-refractivity contribution in [1.82, 2.24) is 4.98 Å². The van der Waals surface area contributed by atoms with E-state index in [1.807, 2.05) is 0 Å². The lowest BCUT2D eigenvalue weighted by Gasteiger charge is -2.31. The molecular formula is C22H22BrClN2O2S2.